The van der Waals surface area contributed by atoms with Gasteiger partial charge in [0.2, 0.25) is 0 Å². The van der Waals surface area contributed by atoms with E-state index in [1.807, 2.05) is 94.4 Å². The van der Waals surface area contributed by atoms with Gasteiger partial charge >= 0.3 is 0 Å². The first-order chi connectivity index (χ1) is 34.6. The van der Waals surface area contributed by atoms with E-state index in [0.717, 1.165) is 51.9 Å². The van der Waals surface area contributed by atoms with Crippen LogP contribution in [0, 0.1) is 38.4 Å². The van der Waals surface area contributed by atoms with Crippen LogP contribution >= 0.6 is 0 Å². The Labute approximate surface area is 412 Å². The summed E-state index contributed by atoms with van der Waals surface area (Å²) in [6, 6.07) is 30.1. The van der Waals surface area contributed by atoms with Crippen molar-refractivity contribution in [1.82, 2.24) is 28.4 Å². The van der Waals surface area contributed by atoms with E-state index in [1.165, 1.54) is 20.0 Å². The smallest absolute Gasteiger partial charge is 0.274 e. The average molecular weight is 961 g/mol. The number of nitrogens with zero attached hydrogens (tertiary/aromatic N) is 5. The topological polar surface area (TPSA) is 144 Å². The Morgan fingerprint density at radius 2 is 1.21 bits per heavy atom. The molecule has 0 saturated heterocycles. The van der Waals surface area contributed by atoms with E-state index < -0.39 is 5.82 Å². The third-order valence-electron chi connectivity index (χ3n) is 14.0. The molecule has 72 heavy (non-hydrogen) atoms. The van der Waals surface area contributed by atoms with Gasteiger partial charge in [0.25, 0.3) is 22.9 Å². The molecule has 0 atom stereocenters. The highest BCUT2D eigenvalue weighted by Crippen LogP contribution is 2.43. The predicted molar refractivity (Wildman–Crippen MR) is 278 cm³/mol. The lowest BCUT2D eigenvalue weighted by molar-refractivity contribution is -0.595. The molecule has 360 valence electrons. The molecule has 0 bridgehead atoms. The fourth-order valence-corrected chi connectivity index (χ4v) is 9.84. The average Bonchev–Trinajstić information content (AvgIpc) is 3.95. The quantitative estimate of drug-likeness (QED) is 0.124. The Morgan fingerprint density at radius 1 is 0.611 bits per heavy atom. The predicted octanol–water partition coefficient (Wildman–Crippen LogP) is 11.0. The molecule has 13 nitrogen and oxygen atoms in total. The van der Waals surface area contributed by atoms with Crippen LogP contribution in [0.3, 0.4) is 0 Å². The molecular weight excluding hydrogens is 910 g/mol. The van der Waals surface area contributed by atoms with Crippen molar-refractivity contribution in [2.75, 3.05) is 0 Å². The highest BCUT2D eigenvalue weighted by atomic mass is 19.1. The van der Waals surface area contributed by atoms with Crippen LogP contribution in [0.5, 0.6) is 23.0 Å². The number of pyridine rings is 3. The number of halogens is 1. The Morgan fingerprint density at radius 3 is 1.89 bits per heavy atom. The molecule has 0 spiro atoms. The van der Waals surface area contributed by atoms with Gasteiger partial charge in [0.15, 0.2) is 16.0 Å². The lowest BCUT2D eigenvalue weighted by Crippen LogP contribution is -2.28. The lowest BCUT2D eigenvalue weighted by atomic mass is 9.95. The van der Waals surface area contributed by atoms with Crippen LogP contribution in [-0.4, -0.2) is 28.4 Å². The minimum atomic E-state index is -0.466. The first kappa shape index (κ1) is 45.7. The third kappa shape index (κ3) is 7.94. The van der Waals surface area contributed by atoms with Crippen molar-refractivity contribution in [2.45, 2.75) is 53.0 Å². The van der Waals surface area contributed by atoms with Crippen molar-refractivity contribution in [3.05, 3.63) is 203 Å². The molecule has 10 aromatic rings. The molecule has 0 radical (unpaired) electrons. The Kier molecular flexibility index (Phi) is 11.1. The van der Waals surface area contributed by atoms with Gasteiger partial charge in [0.05, 0.1) is 18.2 Å². The van der Waals surface area contributed by atoms with Crippen molar-refractivity contribution in [3.63, 3.8) is 0 Å². The van der Waals surface area contributed by atoms with Gasteiger partial charge in [-0.15, -0.1) is 4.68 Å². The van der Waals surface area contributed by atoms with E-state index in [4.69, 9.17) is 9.47 Å². The first-order valence-corrected chi connectivity index (χ1v) is 23.8. The summed E-state index contributed by atoms with van der Waals surface area (Å²) in [5, 5.41) is 1.15. The van der Waals surface area contributed by atoms with Gasteiger partial charge in [0, 0.05) is 89.4 Å². The molecule has 6 aromatic heterocycles. The van der Waals surface area contributed by atoms with E-state index in [1.54, 1.807) is 80.8 Å². The summed E-state index contributed by atoms with van der Waals surface area (Å²) < 4.78 is 37.4. The highest BCUT2D eigenvalue weighted by Gasteiger charge is 2.28. The van der Waals surface area contributed by atoms with Gasteiger partial charge in [0.1, 0.15) is 40.1 Å². The number of aromatic amines is 2. The van der Waals surface area contributed by atoms with E-state index >= 15 is 4.39 Å². The van der Waals surface area contributed by atoms with Crippen LogP contribution in [0.1, 0.15) is 52.3 Å². The molecule has 0 aliphatic heterocycles. The number of aryl methyl sites for hydroxylation is 6. The van der Waals surface area contributed by atoms with E-state index in [0.29, 0.717) is 77.3 Å². The van der Waals surface area contributed by atoms with Gasteiger partial charge in [-0.05, 0) is 97.7 Å². The minimum Gasteiger partial charge on any atom is -0.455 e. The second kappa shape index (κ2) is 17.6. The largest absolute Gasteiger partial charge is 0.455 e. The standard InChI is InChI=1S/C58H50FN7O6/c1-32-13-11-14-33(2)55(32)71-49-30-64(7)66(70)29-46(49)45-28-63(6)58(69)54-43(45)25-48(61-54)40-18-12-17-38(52(40)59)23-37-20-19-34(3)56(35(37)4)72-50-31-65(39-21-22-39)51(67)26-41(50)44-27-62(5)57(68)53-42(44)24-47(60-53)36-15-9-8-10-16-36/h8-20,24-31,39H,21-23H2,1-7H3,(H-,60,61,68,69)/p+1. The second-order valence-corrected chi connectivity index (χ2v) is 19.0. The lowest BCUT2D eigenvalue weighted by Gasteiger charge is -2.19. The van der Waals surface area contributed by atoms with Crippen LogP contribution in [-0.2, 0) is 27.6 Å². The third-order valence-corrected chi connectivity index (χ3v) is 14.0. The maximum atomic E-state index is 17.2. The normalized spacial score (nSPS) is 12.6. The summed E-state index contributed by atoms with van der Waals surface area (Å²) >= 11 is 0. The second-order valence-electron chi connectivity index (χ2n) is 19.0. The van der Waals surface area contributed by atoms with Crippen LogP contribution in [0.4, 0.5) is 4.39 Å². The molecule has 1 saturated carbocycles. The molecule has 4 aromatic carbocycles. The number of ether oxygens (including phenoxy) is 2. The molecular formula is C58H51FN7O6+. The fraction of sp³-hybridized carbons (Fsp3) is 0.190. The molecule has 1 fully saturated rings. The number of H-pyrrole nitrogens is 2. The number of hydrogen-bond donors (Lipinski definition) is 2. The number of fused-ring (bicyclic) bond motifs is 2. The molecule has 1 aliphatic carbocycles. The molecule has 6 heterocycles. The molecule has 0 unspecified atom stereocenters. The van der Waals surface area contributed by atoms with Crippen molar-refractivity contribution >= 4 is 21.8 Å². The van der Waals surface area contributed by atoms with Crippen molar-refractivity contribution in [1.29, 1.82) is 0 Å². The fourth-order valence-electron chi connectivity index (χ4n) is 9.84. The Balaban J connectivity index is 0.970. The summed E-state index contributed by atoms with van der Waals surface area (Å²) in [6.07, 6.45) is 10.2. The summed E-state index contributed by atoms with van der Waals surface area (Å²) in [5.41, 5.74) is 9.18. The number of rotatable bonds is 11. The van der Waals surface area contributed by atoms with E-state index in [2.05, 4.69) is 9.97 Å². The van der Waals surface area contributed by atoms with Crippen LogP contribution in [0.25, 0.3) is 66.6 Å². The van der Waals surface area contributed by atoms with Crippen molar-refractivity contribution < 1.29 is 18.4 Å². The maximum absolute atomic E-state index is 17.2. The zero-order chi connectivity index (χ0) is 50.3. The zero-order valence-corrected chi connectivity index (χ0v) is 40.9. The minimum absolute atomic E-state index is 0.0628. The number of benzene rings is 4. The van der Waals surface area contributed by atoms with Crippen LogP contribution in [0.2, 0.25) is 0 Å². The monoisotopic (exact) mass is 960 g/mol. The number of nitrogens with one attached hydrogen (secondary N) is 2. The molecule has 2 N–H and O–H groups in total. The molecule has 1 aliphatic rings. The van der Waals surface area contributed by atoms with Gasteiger partial charge in [-0.25, -0.2) is 4.39 Å². The van der Waals surface area contributed by atoms with E-state index in [-0.39, 0.29) is 40.2 Å². The Bertz CT molecular complexity index is 4090. The maximum Gasteiger partial charge on any atom is 0.274 e. The van der Waals surface area contributed by atoms with Gasteiger partial charge in [-0.1, -0.05) is 72.8 Å². The molecule has 0 amide bonds. The van der Waals surface area contributed by atoms with Gasteiger partial charge in [-0.2, -0.15) is 0 Å². The first-order valence-electron chi connectivity index (χ1n) is 23.8. The number of hydrogen-bond acceptors (Lipinski definition) is 6. The van der Waals surface area contributed by atoms with Crippen molar-refractivity contribution in [3.8, 4) is 67.8 Å². The highest BCUT2D eigenvalue weighted by molar-refractivity contribution is 6.00. The summed E-state index contributed by atoms with van der Waals surface area (Å²) in [6.45, 7) is 7.80. The SMILES string of the molecule is Cc1cccc(C)c1Oc1cn(C)[n+](=O)cc1-c1cn(C)c(=O)c2[nH]c(-c3cccc(Cc4ccc(C)c(Oc5cn(C6CC6)c(=O)cc5-c5cn(C)c(=O)c6[nH]c(-c7ccccc7)cc56)c4C)c3F)cc12. The van der Waals surface area contributed by atoms with Crippen LogP contribution < -0.4 is 30.7 Å². The zero-order valence-electron chi connectivity index (χ0n) is 40.9. The van der Waals surface area contributed by atoms with E-state index in [9.17, 15) is 19.3 Å². The number of aromatic nitrogens is 7. The van der Waals surface area contributed by atoms with Gasteiger partial charge in [-0.3, -0.25) is 14.4 Å². The van der Waals surface area contributed by atoms with Crippen molar-refractivity contribution in [2.24, 2.45) is 21.1 Å². The number of para-hydroxylation sites is 1. The summed E-state index contributed by atoms with van der Waals surface area (Å²) in [4.78, 5) is 60.9. The Hall–Kier alpha value is -8.78. The summed E-state index contributed by atoms with van der Waals surface area (Å²) in [7, 11) is 4.94. The summed E-state index contributed by atoms with van der Waals surface area (Å²) in [5.74, 6) is 1.61. The molecule has 14 heteroatoms. The van der Waals surface area contributed by atoms with Crippen LogP contribution in [0.15, 0.2) is 142 Å². The molecule has 11 rings (SSSR count). The van der Waals surface area contributed by atoms with Gasteiger partial charge < -0.3 is 33.1 Å².